The summed E-state index contributed by atoms with van der Waals surface area (Å²) in [4.78, 5) is 0. The van der Waals surface area contributed by atoms with Crippen LogP contribution in [0.15, 0.2) is 36.4 Å². The molecule has 0 aliphatic rings. The second kappa shape index (κ2) is 5.06. The van der Waals surface area contributed by atoms with Gasteiger partial charge >= 0.3 is 6.18 Å². The molecule has 0 heterocycles. The molecule has 0 aliphatic carbocycles. The van der Waals surface area contributed by atoms with Gasteiger partial charge in [0.25, 0.3) is 0 Å². The summed E-state index contributed by atoms with van der Waals surface area (Å²) >= 11 is 11.7. The van der Waals surface area contributed by atoms with Gasteiger partial charge in [-0.05, 0) is 47.9 Å². The number of aryl methyl sites for hydroxylation is 1. The van der Waals surface area contributed by atoms with E-state index in [1.54, 1.807) is 25.1 Å². The van der Waals surface area contributed by atoms with Gasteiger partial charge in [-0.3, -0.25) is 0 Å². The Balaban J connectivity index is 2.49. The molecule has 0 saturated carbocycles. The molecule has 0 unspecified atom stereocenters. The third-order valence-electron chi connectivity index (χ3n) is 2.78. The van der Waals surface area contributed by atoms with Crippen LogP contribution in [0, 0.1) is 6.92 Å². The van der Waals surface area contributed by atoms with Crippen LogP contribution in [-0.2, 0) is 6.18 Å². The van der Waals surface area contributed by atoms with Crippen LogP contribution in [0.3, 0.4) is 0 Å². The second-order valence-electron chi connectivity index (χ2n) is 4.16. The smallest absolute Gasteiger partial charge is 0.166 e. The van der Waals surface area contributed by atoms with E-state index in [1.165, 1.54) is 6.07 Å². The van der Waals surface area contributed by atoms with Crippen LogP contribution in [0.25, 0.3) is 11.1 Å². The van der Waals surface area contributed by atoms with Crippen LogP contribution in [0.4, 0.5) is 13.2 Å². The summed E-state index contributed by atoms with van der Waals surface area (Å²) in [5, 5.41) is 0.786. The highest BCUT2D eigenvalue weighted by Crippen LogP contribution is 2.34. The monoisotopic (exact) mass is 304 g/mol. The van der Waals surface area contributed by atoms with Crippen molar-refractivity contribution in [1.82, 2.24) is 0 Å². The maximum absolute atomic E-state index is 12.6. The van der Waals surface area contributed by atoms with Crippen molar-refractivity contribution in [3.63, 3.8) is 0 Å². The number of alkyl halides is 3. The van der Waals surface area contributed by atoms with Gasteiger partial charge < -0.3 is 0 Å². The lowest BCUT2D eigenvalue weighted by atomic mass is 9.98. The van der Waals surface area contributed by atoms with Crippen molar-refractivity contribution in [3.8, 4) is 11.1 Å². The summed E-state index contributed by atoms with van der Waals surface area (Å²) in [5.41, 5.74) is 1.31. The Kier molecular flexibility index (Phi) is 3.79. The minimum atomic E-state index is -4.33. The SMILES string of the molecule is Cc1cc(C(F)(F)F)ccc1-c1ccc(Cl)c(Cl)c1. The first kappa shape index (κ1) is 14.2. The number of halogens is 5. The molecule has 2 aromatic rings. The van der Waals surface area contributed by atoms with Crippen molar-refractivity contribution in [2.45, 2.75) is 13.1 Å². The molecule has 0 atom stereocenters. The molecule has 100 valence electrons. The largest absolute Gasteiger partial charge is 0.416 e. The van der Waals surface area contributed by atoms with Crippen molar-refractivity contribution >= 4 is 23.2 Å². The van der Waals surface area contributed by atoms with Crippen LogP contribution < -0.4 is 0 Å². The maximum Gasteiger partial charge on any atom is 0.416 e. The van der Waals surface area contributed by atoms with Crippen molar-refractivity contribution in [2.24, 2.45) is 0 Å². The fourth-order valence-electron chi connectivity index (χ4n) is 1.83. The Morgan fingerprint density at radius 2 is 1.58 bits per heavy atom. The minimum absolute atomic E-state index is 0.374. The lowest BCUT2D eigenvalue weighted by Gasteiger charge is -2.11. The average Bonchev–Trinajstić information content (AvgIpc) is 2.31. The molecule has 19 heavy (non-hydrogen) atoms. The lowest BCUT2D eigenvalue weighted by molar-refractivity contribution is -0.137. The Hall–Kier alpha value is -1.19. The highest BCUT2D eigenvalue weighted by atomic mass is 35.5. The van der Waals surface area contributed by atoms with Gasteiger partial charge in [0.1, 0.15) is 0 Å². The van der Waals surface area contributed by atoms with Gasteiger partial charge in [-0.2, -0.15) is 13.2 Å². The third-order valence-corrected chi connectivity index (χ3v) is 3.52. The standard InChI is InChI=1S/C14H9Cl2F3/c1-8-6-10(14(17,18)19)3-4-11(8)9-2-5-12(15)13(16)7-9/h2-7H,1H3. The molecular weight excluding hydrogens is 296 g/mol. The molecule has 2 rings (SSSR count). The van der Waals surface area contributed by atoms with Crippen LogP contribution >= 0.6 is 23.2 Å². The number of hydrogen-bond donors (Lipinski definition) is 0. The molecule has 0 amide bonds. The Labute approximate surface area is 118 Å². The van der Waals surface area contributed by atoms with E-state index in [9.17, 15) is 13.2 Å². The summed E-state index contributed by atoms with van der Waals surface area (Å²) in [7, 11) is 0. The topological polar surface area (TPSA) is 0 Å². The van der Waals surface area contributed by atoms with Crippen LogP contribution in [0.1, 0.15) is 11.1 Å². The number of benzene rings is 2. The zero-order valence-corrected chi connectivity index (χ0v) is 11.4. The van der Waals surface area contributed by atoms with Gasteiger partial charge in [0.15, 0.2) is 0 Å². The normalized spacial score (nSPS) is 11.7. The second-order valence-corrected chi connectivity index (χ2v) is 4.97. The molecule has 0 radical (unpaired) electrons. The summed E-state index contributed by atoms with van der Waals surface area (Å²) in [6.45, 7) is 1.63. The quantitative estimate of drug-likeness (QED) is 0.607. The average molecular weight is 305 g/mol. The highest BCUT2D eigenvalue weighted by Gasteiger charge is 2.30. The predicted molar refractivity (Wildman–Crippen MR) is 71.6 cm³/mol. The molecule has 2 aromatic carbocycles. The highest BCUT2D eigenvalue weighted by molar-refractivity contribution is 6.42. The Morgan fingerprint density at radius 3 is 2.11 bits per heavy atom. The minimum Gasteiger partial charge on any atom is -0.166 e. The van der Waals surface area contributed by atoms with E-state index in [2.05, 4.69) is 0 Å². The first-order chi connectivity index (χ1) is 8.79. The molecular formula is C14H9Cl2F3. The van der Waals surface area contributed by atoms with E-state index in [1.807, 2.05) is 0 Å². The van der Waals surface area contributed by atoms with Crippen LogP contribution in [0.2, 0.25) is 10.0 Å². The van der Waals surface area contributed by atoms with E-state index in [0.717, 1.165) is 17.7 Å². The van der Waals surface area contributed by atoms with E-state index < -0.39 is 11.7 Å². The summed E-state index contributed by atoms with van der Waals surface area (Å²) in [6, 6.07) is 8.61. The van der Waals surface area contributed by atoms with E-state index in [-0.39, 0.29) is 0 Å². The van der Waals surface area contributed by atoms with Crippen molar-refractivity contribution < 1.29 is 13.2 Å². The van der Waals surface area contributed by atoms with Crippen molar-refractivity contribution in [3.05, 3.63) is 57.6 Å². The van der Waals surface area contributed by atoms with Gasteiger partial charge in [-0.1, -0.05) is 35.3 Å². The lowest BCUT2D eigenvalue weighted by Crippen LogP contribution is -2.05. The third kappa shape index (κ3) is 3.04. The Bertz CT molecular complexity index is 619. The van der Waals surface area contributed by atoms with Crippen LogP contribution in [-0.4, -0.2) is 0 Å². The summed E-state index contributed by atoms with van der Waals surface area (Å²) < 4.78 is 37.7. The fourth-order valence-corrected chi connectivity index (χ4v) is 2.13. The Morgan fingerprint density at radius 1 is 0.895 bits per heavy atom. The molecule has 0 spiro atoms. The zero-order chi connectivity index (χ0) is 14.2. The van der Waals surface area contributed by atoms with Crippen molar-refractivity contribution in [2.75, 3.05) is 0 Å². The fraction of sp³-hybridized carbons (Fsp3) is 0.143. The molecule has 0 N–H and O–H groups in total. The predicted octanol–water partition coefficient (Wildman–Crippen LogP) is 5.99. The molecule has 0 saturated heterocycles. The molecule has 0 aliphatic heterocycles. The maximum atomic E-state index is 12.6. The molecule has 0 nitrogen and oxygen atoms in total. The number of rotatable bonds is 1. The molecule has 5 heteroatoms. The van der Waals surface area contributed by atoms with Gasteiger partial charge in [0, 0.05) is 0 Å². The first-order valence-corrected chi connectivity index (χ1v) is 6.18. The molecule has 0 bridgehead atoms. The van der Waals surface area contributed by atoms with Gasteiger partial charge in [0.2, 0.25) is 0 Å². The van der Waals surface area contributed by atoms with Crippen LogP contribution in [0.5, 0.6) is 0 Å². The summed E-state index contributed by atoms with van der Waals surface area (Å²) in [5.74, 6) is 0. The summed E-state index contributed by atoms with van der Waals surface area (Å²) in [6.07, 6.45) is -4.33. The van der Waals surface area contributed by atoms with E-state index in [4.69, 9.17) is 23.2 Å². The van der Waals surface area contributed by atoms with E-state index >= 15 is 0 Å². The van der Waals surface area contributed by atoms with E-state index in [0.29, 0.717) is 21.2 Å². The molecule has 0 aromatic heterocycles. The number of hydrogen-bond acceptors (Lipinski definition) is 0. The van der Waals surface area contributed by atoms with Gasteiger partial charge in [0.05, 0.1) is 15.6 Å². The molecule has 0 fully saturated rings. The van der Waals surface area contributed by atoms with Gasteiger partial charge in [-0.25, -0.2) is 0 Å². The first-order valence-electron chi connectivity index (χ1n) is 5.42. The van der Waals surface area contributed by atoms with Gasteiger partial charge in [-0.15, -0.1) is 0 Å². The zero-order valence-electron chi connectivity index (χ0n) is 9.85. The van der Waals surface area contributed by atoms with Crippen molar-refractivity contribution in [1.29, 1.82) is 0 Å².